The van der Waals surface area contributed by atoms with Crippen molar-refractivity contribution >= 4 is 24.3 Å². The van der Waals surface area contributed by atoms with Gasteiger partial charge in [-0.3, -0.25) is 4.79 Å². The maximum absolute atomic E-state index is 12.9. The average molecular weight is 385 g/mol. The van der Waals surface area contributed by atoms with Crippen LogP contribution in [0.2, 0.25) is 0 Å². The molecule has 1 aromatic carbocycles. The van der Waals surface area contributed by atoms with Crippen LogP contribution in [-0.2, 0) is 4.74 Å². The summed E-state index contributed by atoms with van der Waals surface area (Å²) in [6.45, 7) is 4.63. The molecule has 2 fully saturated rings. The van der Waals surface area contributed by atoms with Gasteiger partial charge in [0.25, 0.3) is 0 Å². The fourth-order valence-electron chi connectivity index (χ4n) is 3.76. The van der Waals surface area contributed by atoms with E-state index in [0.717, 1.165) is 38.9 Å². The van der Waals surface area contributed by atoms with Gasteiger partial charge in [0.2, 0.25) is 0 Å². The smallest absolute Gasteiger partial charge is 0.410 e. The quantitative estimate of drug-likeness (QED) is 0.729. The number of ketones is 1. The van der Waals surface area contributed by atoms with Crippen molar-refractivity contribution < 1.29 is 18.7 Å². The van der Waals surface area contributed by atoms with E-state index in [9.17, 15) is 14.0 Å². The standard InChI is InChI=1S/C19H25FN2O3.ClH/c1-14-19(25-18(24)21(14)2)9-12-22(13-10-19)11-3-4-17(23)15-5-7-16(20)8-6-15;/h5-8,14H,3-4,9-13H2,1-2H3;1H. The highest BCUT2D eigenvalue weighted by molar-refractivity contribution is 5.95. The Labute approximate surface area is 159 Å². The SMILES string of the molecule is CC1N(C)C(=O)OC12CCN(CCCC(=O)c1ccc(F)cc1)CC2.Cl. The Bertz CT molecular complexity index is 645. The third kappa shape index (κ3) is 4.18. The van der Waals surface area contributed by atoms with Crippen molar-refractivity contribution in [2.45, 2.75) is 44.2 Å². The second-order valence-electron chi connectivity index (χ2n) is 7.09. The van der Waals surface area contributed by atoms with E-state index in [1.54, 1.807) is 11.9 Å². The molecular weight excluding hydrogens is 359 g/mol. The third-order valence-corrected chi connectivity index (χ3v) is 5.67. The summed E-state index contributed by atoms with van der Waals surface area (Å²) in [5.74, 6) is -0.278. The molecule has 0 radical (unpaired) electrons. The number of piperidine rings is 1. The lowest BCUT2D eigenvalue weighted by Gasteiger charge is -2.40. The van der Waals surface area contributed by atoms with Crippen LogP contribution >= 0.6 is 12.4 Å². The summed E-state index contributed by atoms with van der Waals surface area (Å²) in [6.07, 6.45) is 2.66. The van der Waals surface area contributed by atoms with Gasteiger partial charge in [-0.25, -0.2) is 9.18 Å². The van der Waals surface area contributed by atoms with E-state index in [-0.39, 0.29) is 41.7 Å². The maximum atomic E-state index is 12.9. The van der Waals surface area contributed by atoms with E-state index in [1.165, 1.54) is 24.3 Å². The number of benzene rings is 1. The molecule has 0 aromatic heterocycles. The number of nitrogens with zero attached hydrogens (tertiary/aromatic N) is 2. The van der Waals surface area contributed by atoms with E-state index >= 15 is 0 Å². The van der Waals surface area contributed by atoms with Crippen molar-refractivity contribution in [1.29, 1.82) is 0 Å². The van der Waals surface area contributed by atoms with Crippen molar-refractivity contribution in [3.8, 4) is 0 Å². The number of halogens is 2. The Balaban J connectivity index is 0.00000243. The molecule has 26 heavy (non-hydrogen) atoms. The van der Waals surface area contributed by atoms with Crippen molar-refractivity contribution in [3.05, 3.63) is 35.6 Å². The zero-order valence-corrected chi connectivity index (χ0v) is 16.1. The Kier molecular flexibility index (Phi) is 6.64. The molecule has 1 unspecified atom stereocenters. The van der Waals surface area contributed by atoms with E-state index in [0.29, 0.717) is 12.0 Å². The van der Waals surface area contributed by atoms with Crippen LogP contribution < -0.4 is 0 Å². The molecule has 1 spiro atoms. The van der Waals surface area contributed by atoms with Gasteiger partial charge in [0.15, 0.2) is 5.78 Å². The molecule has 1 aromatic rings. The molecule has 144 valence electrons. The third-order valence-electron chi connectivity index (χ3n) is 5.67. The first kappa shape index (κ1) is 20.6. The molecule has 2 aliphatic heterocycles. The maximum Gasteiger partial charge on any atom is 0.410 e. The Morgan fingerprint density at radius 3 is 2.42 bits per heavy atom. The average Bonchev–Trinajstić information content (AvgIpc) is 2.81. The zero-order valence-electron chi connectivity index (χ0n) is 15.2. The highest BCUT2D eigenvalue weighted by atomic mass is 35.5. The van der Waals surface area contributed by atoms with Gasteiger partial charge in [0.1, 0.15) is 11.4 Å². The summed E-state index contributed by atoms with van der Waals surface area (Å²) in [5, 5.41) is 0. The number of Topliss-reactive ketones (excluding diaryl/α,β-unsaturated/α-hetero) is 1. The molecule has 5 nitrogen and oxygen atoms in total. The fraction of sp³-hybridized carbons (Fsp3) is 0.579. The molecule has 0 N–H and O–H groups in total. The van der Waals surface area contributed by atoms with Crippen LogP contribution in [-0.4, -0.2) is 60.0 Å². The molecule has 1 amide bonds. The lowest BCUT2D eigenvalue weighted by Crippen LogP contribution is -2.51. The fourth-order valence-corrected chi connectivity index (χ4v) is 3.76. The molecule has 2 heterocycles. The van der Waals surface area contributed by atoms with Gasteiger partial charge in [-0.2, -0.15) is 0 Å². The number of hydrogen-bond acceptors (Lipinski definition) is 4. The minimum absolute atomic E-state index is 0. The minimum atomic E-state index is -0.355. The molecular formula is C19H26ClFN2O3. The lowest BCUT2D eigenvalue weighted by atomic mass is 9.85. The molecule has 2 aliphatic rings. The number of carbonyl (C=O) groups is 2. The van der Waals surface area contributed by atoms with Crippen molar-refractivity contribution in [1.82, 2.24) is 9.80 Å². The largest absolute Gasteiger partial charge is 0.441 e. The van der Waals surface area contributed by atoms with Crippen LogP contribution in [0.1, 0.15) is 43.0 Å². The number of carbonyl (C=O) groups excluding carboxylic acids is 2. The Morgan fingerprint density at radius 2 is 1.88 bits per heavy atom. The van der Waals surface area contributed by atoms with Crippen molar-refractivity contribution in [2.24, 2.45) is 0 Å². The number of amides is 1. The first-order valence-electron chi connectivity index (χ1n) is 8.88. The van der Waals surface area contributed by atoms with Gasteiger partial charge >= 0.3 is 6.09 Å². The summed E-state index contributed by atoms with van der Waals surface area (Å²) in [6, 6.07) is 5.81. The summed E-state index contributed by atoms with van der Waals surface area (Å²) < 4.78 is 18.5. The Morgan fingerprint density at radius 1 is 1.27 bits per heavy atom. The number of hydrogen-bond donors (Lipinski definition) is 0. The predicted octanol–water partition coefficient (Wildman–Crippen LogP) is 3.52. The molecule has 0 aliphatic carbocycles. The predicted molar refractivity (Wildman–Crippen MR) is 99.3 cm³/mol. The molecule has 0 saturated carbocycles. The summed E-state index contributed by atoms with van der Waals surface area (Å²) >= 11 is 0. The second-order valence-corrected chi connectivity index (χ2v) is 7.09. The normalized spacial score (nSPS) is 22.2. The van der Waals surface area contributed by atoms with Crippen LogP contribution in [0.25, 0.3) is 0 Å². The van der Waals surface area contributed by atoms with E-state index in [4.69, 9.17) is 4.74 Å². The summed E-state index contributed by atoms with van der Waals surface area (Å²) in [5.41, 5.74) is 0.209. The first-order chi connectivity index (χ1) is 11.9. The van der Waals surface area contributed by atoms with Crippen LogP contribution in [0, 0.1) is 5.82 Å². The van der Waals surface area contributed by atoms with Gasteiger partial charge in [-0.05, 0) is 44.2 Å². The van der Waals surface area contributed by atoms with E-state index in [1.807, 2.05) is 6.92 Å². The first-order valence-corrected chi connectivity index (χ1v) is 8.88. The molecule has 0 bridgehead atoms. The molecule has 2 saturated heterocycles. The lowest BCUT2D eigenvalue weighted by molar-refractivity contribution is -0.0175. The molecule has 1 atom stereocenters. The number of likely N-dealkylation sites (tertiary alicyclic amines) is 1. The van der Waals surface area contributed by atoms with Crippen LogP contribution in [0.4, 0.5) is 9.18 Å². The molecule has 3 rings (SSSR count). The van der Waals surface area contributed by atoms with Crippen LogP contribution in [0.5, 0.6) is 0 Å². The zero-order chi connectivity index (χ0) is 18.0. The summed E-state index contributed by atoms with van der Waals surface area (Å²) in [4.78, 5) is 27.9. The van der Waals surface area contributed by atoms with Gasteiger partial charge in [-0.15, -0.1) is 12.4 Å². The van der Waals surface area contributed by atoms with Gasteiger partial charge in [-0.1, -0.05) is 0 Å². The summed E-state index contributed by atoms with van der Waals surface area (Å²) in [7, 11) is 1.79. The van der Waals surface area contributed by atoms with E-state index < -0.39 is 0 Å². The number of rotatable bonds is 5. The highest BCUT2D eigenvalue weighted by Crippen LogP contribution is 2.37. The van der Waals surface area contributed by atoms with Crippen molar-refractivity contribution in [2.75, 3.05) is 26.7 Å². The van der Waals surface area contributed by atoms with Crippen LogP contribution in [0.3, 0.4) is 0 Å². The van der Waals surface area contributed by atoms with Gasteiger partial charge < -0.3 is 14.5 Å². The van der Waals surface area contributed by atoms with E-state index in [2.05, 4.69) is 4.90 Å². The van der Waals surface area contributed by atoms with Gasteiger partial charge in [0, 0.05) is 45.0 Å². The van der Waals surface area contributed by atoms with Crippen LogP contribution in [0.15, 0.2) is 24.3 Å². The minimum Gasteiger partial charge on any atom is -0.441 e. The monoisotopic (exact) mass is 384 g/mol. The highest BCUT2D eigenvalue weighted by Gasteiger charge is 2.51. The topological polar surface area (TPSA) is 49.9 Å². The Hall–Kier alpha value is -1.66. The number of likely N-dealkylation sites (N-methyl/N-ethyl adjacent to an activating group) is 1. The second kappa shape index (κ2) is 8.35. The van der Waals surface area contributed by atoms with Crippen molar-refractivity contribution in [3.63, 3.8) is 0 Å². The number of ether oxygens (including phenoxy) is 1. The molecule has 7 heteroatoms. The van der Waals surface area contributed by atoms with Gasteiger partial charge in [0.05, 0.1) is 6.04 Å².